The van der Waals surface area contributed by atoms with Crippen molar-refractivity contribution in [2.24, 2.45) is 0 Å². The summed E-state index contributed by atoms with van der Waals surface area (Å²) in [5.74, 6) is 0.789. The molecule has 0 amide bonds. The van der Waals surface area contributed by atoms with Gasteiger partial charge in [0.2, 0.25) is 0 Å². The summed E-state index contributed by atoms with van der Waals surface area (Å²) in [7, 11) is 3.43. The van der Waals surface area contributed by atoms with Crippen LogP contribution in [0.25, 0.3) is 0 Å². The Hall–Kier alpha value is -0.250. The zero-order valence-corrected chi connectivity index (χ0v) is 9.82. The Kier molecular flexibility index (Phi) is 4.03. The number of rotatable bonds is 3. The van der Waals surface area contributed by atoms with Gasteiger partial charge in [-0.3, -0.25) is 0 Å². The molecular weight excluding hydrogens is 253 g/mol. The lowest BCUT2D eigenvalue weighted by Crippen LogP contribution is -2.11. The lowest BCUT2D eigenvalue weighted by molar-refractivity contribution is 0.407. The van der Waals surface area contributed by atoms with Gasteiger partial charge in [-0.2, -0.15) is 0 Å². The molecule has 0 fully saturated rings. The number of hydrogen-bond donors (Lipinski definition) is 1. The number of methoxy groups -OCH3 is 1. The molecule has 0 spiro atoms. The Balaban J connectivity index is 3.07. The number of alkyl halides is 1. The molecule has 0 heterocycles. The van der Waals surface area contributed by atoms with Gasteiger partial charge in [0.25, 0.3) is 0 Å². The molecular formula is C9H11BrClNO. The van der Waals surface area contributed by atoms with Gasteiger partial charge in [0.1, 0.15) is 11.3 Å². The summed E-state index contributed by atoms with van der Waals surface area (Å²) in [6, 6.07) is 5.74. The van der Waals surface area contributed by atoms with Gasteiger partial charge in [0.05, 0.1) is 7.11 Å². The number of benzene rings is 1. The van der Waals surface area contributed by atoms with Crippen molar-refractivity contribution in [1.29, 1.82) is 0 Å². The van der Waals surface area contributed by atoms with E-state index in [-0.39, 0.29) is 5.50 Å². The van der Waals surface area contributed by atoms with Crippen LogP contribution in [0.2, 0.25) is 0 Å². The number of hydrogen-bond acceptors (Lipinski definition) is 2. The zero-order valence-electron chi connectivity index (χ0n) is 7.47. The summed E-state index contributed by atoms with van der Waals surface area (Å²) in [4.78, 5) is 0. The van der Waals surface area contributed by atoms with Gasteiger partial charge in [-0.25, -0.2) is 0 Å². The van der Waals surface area contributed by atoms with E-state index in [1.807, 2.05) is 18.2 Å². The van der Waals surface area contributed by atoms with Crippen LogP contribution in [0.15, 0.2) is 22.7 Å². The first kappa shape index (κ1) is 10.8. The van der Waals surface area contributed by atoms with Crippen molar-refractivity contribution < 1.29 is 4.74 Å². The fourth-order valence-electron chi connectivity index (χ4n) is 1.06. The van der Waals surface area contributed by atoms with E-state index in [0.717, 1.165) is 15.8 Å². The molecule has 1 unspecified atom stereocenters. The molecule has 0 saturated carbocycles. The van der Waals surface area contributed by atoms with E-state index in [0.29, 0.717) is 0 Å². The lowest BCUT2D eigenvalue weighted by Gasteiger charge is -2.13. The van der Waals surface area contributed by atoms with E-state index in [2.05, 4.69) is 21.2 Å². The highest BCUT2D eigenvalue weighted by Crippen LogP contribution is 2.30. The maximum absolute atomic E-state index is 6.03. The first-order chi connectivity index (χ1) is 6.19. The second-order valence-electron chi connectivity index (χ2n) is 2.54. The highest BCUT2D eigenvalue weighted by molar-refractivity contribution is 9.10. The SMILES string of the molecule is CNC(Cl)c1cc(Br)ccc1OC. The maximum Gasteiger partial charge on any atom is 0.124 e. The predicted octanol–water partition coefficient (Wildman–Crippen LogP) is 2.91. The monoisotopic (exact) mass is 263 g/mol. The van der Waals surface area contributed by atoms with Crippen molar-refractivity contribution >= 4 is 27.5 Å². The van der Waals surface area contributed by atoms with Crippen LogP contribution in [0.3, 0.4) is 0 Å². The van der Waals surface area contributed by atoms with Crippen LogP contribution < -0.4 is 10.1 Å². The van der Waals surface area contributed by atoms with Gasteiger partial charge >= 0.3 is 0 Å². The van der Waals surface area contributed by atoms with E-state index in [1.54, 1.807) is 14.2 Å². The van der Waals surface area contributed by atoms with E-state index in [4.69, 9.17) is 16.3 Å². The standard InChI is InChI=1S/C9H11BrClNO/c1-12-9(11)7-5-6(10)3-4-8(7)13-2/h3-5,9,12H,1-2H3. The number of halogens is 2. The first-order valence-corrected chi connectivity index (χ1v) is 5.06. The van der Waals surface area contributed by atoms with Gasteiger partial charge in [0, 0.05) is 10.0 Å². The molecule has 1 N–H and O–H groups in total. The van der Waals surface area contributed by atoms with E-state index in [1.165, 1.54) is 0 Å². The molecule has 0 saturated heterocycles. The summed E-state index contributed by atoms with van der Waals surface area (Å²) in [6.07, 6.45) is 0. The molecule has 0 aliphatic heterocycles. The summed E-state index contributed by atoms with van der Waals surface area (Å²) < 4.78 is 6.17. The first-order valence-electron chi connectivity index (χ1n) is 3.83. The Labute approximate surface area is 91.4 Å². The van der Waals surface area contributed by atoms with Crippen molar-refractivity contribution in [3.8, 4) is 5.75 Å². The molecule has 1 aromatic carbocycles. The molecule has 0 bridgehead atoms. The highest BCUT2D eigenvalue weighted by atomic mass is 79.9. The normalized spacial score (nSPS) is 12.6. The predicted molar refractivity (Wildman–Crippen MR) is 58.3 cm³/mol. The molecule has 72 valence electrons. The van der Waals surface area contributed by atoms with Crippen molar-refractivity contribution in [1.82, 2.24) is 5.32 Å². The highest BCUT2D eigenvalue weighted by Gasteiger charge is 2.11. The van der Waals surface area contributed by atoms with Gasteiger partial charge in [0.15, 0.2) is 0 Å². The largest absolute Gasteiger partial charge is 0.496 e. The summed E-state index contributed by atoms with van der Waals surface area (Å²) in [5, 5.41) is 2.95. The van der Waals surface area contributed by atoms with E-state index >= 15 is 0 Å². The molecule has 0 aliphatic carbocycles. The van der Waals surface area contributed by atoms with Crippen LogP contribution in [-0.4, -0.2) is 14.2 Å². The molecule has 0 radical (unpaired) electrons. The van der Waals surface area contributed by atoms with Crippen LogP contribution in [0.1, 0.15) is 11.1 Å². The summed E-state index contributed by atoms with van der Waals surface area (Å²) >= 11 is 9.42. The summed E-state index contributed by atoms with van der Waals surface area (Å²) in [6.45, 7) is 0. The molecule has 0 aliphatic rings. The fourth-order valence-corrected chi connectivity index (χ4v) is 1.61. The topological polar surface area (TPSA) is 21.3 Å². The van der Waals surface area contributed by atoms with Crippen molar-refractivity contribution in [2.75, 3.05) is 14.2 Å². The van der Waals surface area contributed by atoms with E-state index < -0.39 is 0 Å². The Morgan fingerprint density at radius 3 is 2.77 bits per heavy atom. The van der Waals surface area contributed by atoms with Crippen LogP contribution in [-0.2, 0) is 0 Å². The molecule has 1 atom stereocenters. The van der Waals surface area contributed by atoms with Gasteiger partial charge < -0.3 is 10.1 Å². The average Bonchev–Trinajstić information content (AvgIpc) is 2.16. The van der Waals surface area contributed by atoms with Crippen LogP contribution in [0, 0.1) is 0 Å². The molecule has 0 aromatic heterocycles. The quantitative estimate of drug-likeness (QED) is 0.669. The lowest BCUT2D eigenvalue weighted by atomic mass is 10.2. The van der Waals surface area contributed by atoms with Gasteiger partial charge in [-0.15, -0.1) is 11.6 Å². The third-order valence-corrected chi connectivity index (χ3v) is 2.66. The Bertz CT molecular complexity index is 293. The number of nitrogens with one attached hydrogen (secondary N) is 1. The zero-order chi connectivity index (χ0) is 9.84. The van der Waals surface area contributed by atoms with Crippen molar-refractivity contribution in [3.63, 3.8) is 0 Å². The minimum Gasteiger partial charge on any atom is -0.496 e. The third kappa shape index (κ3) is 2.59. The van der Waals surface area contributed by atoms with Crippen LogP contribution >= 0.6 is 27.5 Å². The maximum atomic E-state index is 6.03. The summed E-state index contributed by atoms with van der Waals surface area (Å²) in [5.41, 5.74) is 0.702. The fraction of sp³-hybridized carbons (Fsp3) is 0.333. The molecule has 4 heteroatoms. The molecule has 13 heavy (non-hydrogen) atoms. The molecule has 1 aromatic rings. The minimum absolute atomic E-state index is 0.229. The third-order valence-electron chi connectivity index (χ3n) is 1.72. The Morgan fingerprint density at radius 1 is 1.54 bits per heavy atom. The van der Waals surface area contributed by atoms with Gasteiger partial charge in [-0.1, -0.05) is 15.9 Å². The number of ether oxygens (including phenoxy) is 1. The smallest absolute Gasteiger partial charge is 0.124 e. The Morgan fingerprint density at radius 2 is 2.23 bits per heavy atom. The van der Waals surface area contributed by atoms with Crippen LogP contribution in [0.5, 0.6) is 5.75 Å². The van der Waals surface area contributed by atoms with Crippen LogP contribution in [0.4, 0.5) is 0 Å². The van der Waals surface area contributed by atoms with Crippen molar-refractivity contribution in [3.05, 3.63) is 28.2 Å². The molecule has 2 nitrogen and oxygen atoms in total. The minimum atomic E-state index is -0.229. The van der Waals surface area contributed by atoms with Crippen molar-refractivity contribution in [2.45, 2.75) is 5.50 Å². The second-order valence-corrected chi connectivity index (χ2v) is 3.89. The second kappa shape index (κ2) is 4.84. The average molecular weight is 265 g/mol. The van der Waals surface area contributed by atoms with E-state index in [9.17, 15) is 0 Å². The molecule has 1 rings (SSSR count). The van der Waals surface area contributed by atoms with Gasteiger partial charge in [-0.05, 0) is 25.2 Å².